The Balaban J connectivity index is 2.10. The fraction of sp³-hybridized carbons (Fsp3) is 0.714. The van der Waals surface area contributed by atoms with E-state index >= 15 is 0 Å². The molecule has 0 saturated heterocycles. The highest BCUT2D eigenvalue weighted by atomic mass is 35.5. The largest absolute Gasteiger partial charge is 0.238 e. The molecule has 0 atom stereocenters. The number of halogens is 1. The summed E-state index contributed by atoms with van der Waals surface area (Å²) >= 11 is 5.87. The monoisotopic (exact) mass is 252 g/mol. The van der Waals surface area contributed by atoms with Gasteiger partial charge in [-0.2, -0.15) is 0 Å². The molecule has 0 N–H and O–H groups in total. The second-order valence-electron chi connectivity index (χ2n) is 5.12. The maximum atomic E-state index is 5.87. The van der Waals surface area contributed by atoms with E-state index in [1.165, 1.54) is 32.1 Å². The molecule has 0 aromatic carbocycles. The fourth-order valence-electron chi connectivity index (χ4n) is 2.74. The van der Waals surface area contributed by atoms with Crippen LogP contribution in [0.4, 0.5) is 0 Å². The molecule has 0 spiro atoms. The van der Waals surface area contributed by atoms with Gasteiger partial charge in [0.25, 0.3) is 0 Å². The van der Waals surface area contributed by atoms with Gasteiger partial charge in [0.15, 0.2) is 0 Å². The number of alkyl halides is 1. The van der Waals surface area contributed by atoms with E-state index in [2.05, 4.69) is 16.9 Å². The van der Waals surface area contributed by atoms with Crippen molar-refractivity contribution in [2.75, 3.05) is 0 Å². The molecule has 1 aliphatic rings. The third-order valence-corrected chi connectivity index (χ3v) is 4.12. The van der Waals surface area contributed by atoms with Gasteiger partial charge in [-0.3, -0.25) is 0 Å². The zero-order valence-electron chi connectivity index (χ0n) is 10.7. The molecule has 94 valence electrons. The molecule has 1 heterocycles. The maximum absolute atomic E-state index is 5.87. The van der Waals surface area contributed by atoms with Crippen molar-refractivity contribution in [3.05, 3.63) is 23.3 Å². The molecule has 3 heteroatoms. The molecule has 0 bridgehead atoms. The summed E-state index contributed by atoms with van der Waals surface area (Å²) < 4.78 is 0. The van der Waals surface area contributed by atoms with E-state index in [1.807, 2.05) is 13.0 Å². The average molecular weight is 253 g/mol. The van der Waals surface area contributed by atoms with Gasteiger partial charge < -0.3 is 0 Å². The number of nitrogens with zero attached hydrogens (tertiary/aromatic N) is 2. The van der Waals surface area contributed by atoms with Crippen LogP contribution in [0.3, 0.4) is 0 Å². The lowest BCUT2D eigenvalue weighted by molar-refractivity contribution is 0.311. The molecule has 2 rings (SSSR count). The summed E-state index contributed by atoms with van der Waals surface area (Å²) in [5.74, 6) is 2.99. The second-order valence-corrected chi connectivity index (χ2v) is 5.39. The Morgan fingerprint density at radius 2 is 1.94 bits per heavy atom. The van der Waals surface area contributed by atoms with Crippen molar-refractivity contribution in [3.63, 3.8) is 0 Å². The minimum atomic E-state index is 0.487. The van der Waals surface area contributed by atoms with E-state index in [9.17, 15) is 0 Å². The van der Waals surface area contributed by atoms with Crippen LogP contribution in [0.2, 0.25) is 0 Å². The van der Waals surface area contributed by atoms with Crippen LogP contribution in [-0.4, -0.2) is 9.97 Å². The summed E-state index contributed by atoms with van der Waals surface area (Å²) in [6.45, 7) is 4.32. The van der Waals surface area contributed by atoms with Crippen molar-refractivity contribution in [1.82, 2.24) is 9.97 Å². The maximum Gasteiger partial charge on any atom is 0.131 e. The van der Waals surface area contributed by atoms with E-state index in [0.29, 0.717) is 11.8 Å². The first-order valence-electron chi connectivity index (χ1n) is 6.63. The van der Waals surface area contributed by atoms with Gasteiger partial charge in [-0.05, 0) is 44.6 Å². The summed E-state index contributed by atoms with van der Waals surface area (Å²) in [6.07, 6.45) is 6.45. The predicted octanol–water partition coefficient (Wildman–Crippen LogP) is 4.21. The predicted molar refractivity (Wildman–Crippen MR) is 71.3 cm³/mol. The third kappa shape index (κ3) is 3.19. The Morgan fingerprint density at radius 1 is 1.24 bits per heavy atom. The third-order valence-electron chi connectivity index (χ3n) is 3.85. The SMILES string of the molecule is CCC1CCC(c2nc(C)cc(CCl)n2)CC1. The first-order chi connectivity index (χ1) is 8.22. The van der Waals surface area contributed by atoms with Gasteiger partial charge in [-0.1, -0.05) is 13.3 Å². The van der Waals surface area contributed by atoms with Crippen LogP contribution in [-0.2, 0) is 5.88 Å². The van der Waals surface area contributed by atoms with Crippen molar-refractivity contribution >= 4 is 11.6 Å². The molecular formula is C14H21ClN2. The Bertz CT molecular complexity index is 370. The first kappa shape index (κ1) is 12.8. The van der Waals surface area contributed by atoms with Gasteiger partial charge in [0, 0.05) is 11.6 Å². The molecule has 1 aromatic heterocycles. The van der Waals surface area contributed by atoms with Gasteiger partial charge in [0.2, 0.25) is 0 Å². The molecule has 0 amide bonds. The normalized spacial score (nSPS) is 24.9. The highest BCUT2D eigenvalue weighted by Gasteiger charge is 2.23. The lowest BCUT2D eigenvalue weighted by Gasteiger charge is -2.27. The Morgan fingerprint density at radius 3 is 2.53 bits per heavy atom. The van der Waals surface area contributed by atoms with E-state index in [0.717, 1.165) is 23.1 Å². The quantitative estimate of drug-likeness (QED) is 0.754. The van der Waals surface area contributed by atoms with Crippen molar-refractivity contribution in [2.24, 2.45) is 5.92 Å². The number of hydrogen-bond acceptors (Lipinski definition) is 2. The van der Waals surface area contributed by atoms with Crippen molar-refractivity contribution in [2.45, 2.75) is 57.7 Å². The zero-order valence-corrected chi connectivity index (χ0v) is 11.5. The molecule has 1 fully saturated rings. The zero-order chi connectivity index (χ0) is 12.3. The fourth-order valence-corrected chi connectivity index (χ4v) is 2.88. The van der Waals surface area contributed by atoms with Gasteiger partial charge in [-0.15, -0.1) is 11.6 Å². The van der Waals surface area contributed by atoms with Gasteiger partial charge in [0.1, 0.15) is 5.82 Å². The lowest BCUT2D eigenvalue weighted by Crippen LogP contribution is -2.15. The molecule has 0 aliphatic heterocycles. The summed E-state index contributed by atoms with van der Waals surface area (Å²) in [7, 11) is 0. The van der Waals surface area contributed by atoms with Gasteiger partial charge in [0.05, 0.1) is 11.6 Å². The smallest absolute Gasteiger partial charge is 0.131 e. The number of hydrogen-bond donors (Lipinski definition) is 0. The summed E-state index contributed by atoms with van der Waals surface area (Å²) in [4.78, 5) is 9.17. The molecule has 1 aromatic rings. The standard InChI is InChI=1S/C14H21ClN2/c1-3-11-4-6-12(7-5-11)14-16-10(2)8-13(9-15)17-14/h8,11-12H,3-7,9H2,1-2H3. The van der Waals surface area contributed by atoms with Crippen molar-refractivity contribution in [3.8, 4) is 0 Å². The van der Waals surface area contributed by atoms with E-state index < -0.39 is 0 Å². The summed E-state index contributed by atoms with van der Waals surface area (Å²) in [6, 6.07) is 1.98. The van der Waals surface area contributed by atoms with Crippen LogP contribution in [0.5, 0.6) is 0 Å². The number of rotatable bonds is 3. The van der Waals surface area contributed by atoms with Gasteiger partial charge in [-0.25, -0.2) is 9.97 Å². The van der Waals surface area contributed by atoms with E-state index in [4.69, 9.17) is 11.6 Å². The lowest BCUT2D eigenvalue weighted by atomic mass is 9.80. The van der Waals surface area contributed by atoms with Crippen molar-refractivity contribution < 1.29 is 0 Å². The Hall–Kier alpha value is -0.630. The molecular weight excluding hydrogens is 232 g/mol. The van der Waals surface area contributed by atoms with Crippen molar-refractivity contribution in [1.29, 1.82) is 0 Å². The Labute approximate surface area is 109 Å². The van der Waals surface area contributed by atoms with Crippen LogP contribution in [0.1, 0.15) is 62.2 Å². The molecule has 0 radical (unpaired) electrons. The first-order valence-corrected chi connectivity index (χ1v) is 7.16. The van der Waals surface area contributed by atoms with Crippen LogP contribution >= 0.6 is 11.6 Å². The highest BCUT2D eigenvalue weighted by molar-refractivity contribution is 6.16. The van der Waals surface area contributed by atoms with E-state index in [-0.39, 0.29) is 0 Å². The number of aryl methyl sites for hydroxylation is 1. The highest BCUT2D eigenvalue weighted by Crippen LogP contribution is 2.35. The molecule has 2 nitrogen and oxygen atoms in total. The van der Waals surface area contributed by atoms with Crippen LogP contribution in [0, 0.1) is 12.8 Å². The van der Waals surface area contributed by atoms with Crippen LogP contribution in [0.15, 0.2) is 6.07 Å². The molecule has 17 heavy (non-hydrogen) atoms. The summed E-state index contributed by atoms with van der Waals surface area (Å²) in [5, 5.41) is 0. The molecule has 0 unspecified atom stereocenters. The minimum Gasteiger partial charge on any atom is -0.238 e. The minimum absolute atomic E-state index is 0.487. The van der Waals surface area contributed by atoms with E-state index in [1.54, 1.807) is 0 Å². The molecule has 1 aliphatic carbocycles. The molecule has 1 saturated carbocycles. The Kier molecular flexibility index (Phi) is 4.38. The number of aromatic nitrogens is 2. The van der Waals surface area contributed by atoms with Crippen LogP contribution in [0.25, 0.3) is 0 Å². The summed E-state index contributed by atoms with van der Waals surface area (Å²) in [5.41, 5.74) is 2.01. The van der Waals surface area contributed by atoms with Gasteiger partial charge >= 0.3 is 0 Å². The second kappa shape index (κ2) is 5.81. The van der Waals surface area contributed by atoms with Crippen LogP contribution < -0.4 is 0 Å². The topological polar surface area (TPSA) is 25.8 Å². The average Bonchev–Trinajstić information content (AvgIpc) is 2.38.